The Bertz CT molecular complexity index is 740. The number of benzene rings is 2. The molecule has 0 fully saturated rings. The Morgan fingerprint density at radius 2 is 1.76 bits per heavy atom. The first kappa shape index (κ1) is 18.3. The third-order valence-electron chi connectivity index (χ3n) is 3.32. The van der Waals surface area contributed by atoms with Gasteiger partial charge in [-0.05, 0) is 26.0 Å². The predicted octanol–water partition coefficient (Wildman–Crippen LogP) is 3.88. The van der Waals surface area contributed by atoms with Crippen molar-refractivity contribution < 1.29 is 19.1 Å². The van der Waals surface area contributed by atoms with E-state index in [1.54, 1.807) is 55.5 Å². The monoisotopic (exact) mass is 339 g/mol. The van der Waals surface area contributed by atoms with Gasteiger partial charge in [-0.2, -0.15) is 0 Å². The molecule has 0 saturated carbocycles. The molecular weight excluding hydrogens is 318 g/mol. The van der Waals surface area contributed by atoms with E-state index in [2.05, 4.69) is 5.32 Å². The van der Waals surface area contributed by atoms with Crippen molar-refractivity contribution in [1.82, 2.24) is 0 Å². The van der Waals surface area contributed by atoms with Gasteiger partial charge in [-0.15, -0.1) is 0 Å². The first-order chi connectivity index (χ1) is 12.2. The van der Waals surface area contributed by atoms with Crippen molar-refractivity contribution in [2.24, 2.45) is 0 Å². The van der Waals surface area contributed by atoms with E-state index in [4.69, 9.17) is 9.47 Å². The van der Waals surface area contributed by atoms with Gasteiger partial charge in [0.15, 0.2) is 0 Å². The molecule has 130 valence electrons. The van der Waals surface area contributed by atoms with Gasteiger partial charge in [-0.1, -0.05) is 48.5 Å². The van der Waals surface area contributed by atoms with Crippen LogP contribution in [0.5, 0.6) is 5.75 Å². The highest BCUT2D eigenvalue weighted by Crippen LogP contribution is 2.26. The smallest absolute Gasteiger partial charge is 0.331 e. The van der Waals surface area contributed by atoms with E-state index < -0.39 is 18.0 Å². The Hall–Kier alpha value is -3.08. The van der Waals surface area contributed by atoms with Gasteiger partial charge in [0.05, 0.1) is 12.3 Å². The molecule has 0 aliphatic rings. The van der Waals surface area contributed by atoms with Crippen LogP contribution in [0.25, 0.3) is 0 Å². The maximum atomic E-state index is 12.7. The van der Waals surface area contributed by atoms with E-state index in [1.807, 2.05) is 19.1 Å². The normalized spacial score (nSPS) is 11.8. The van der Waals surface area contributed by atoms with E-state index >= 15 is 0 Å². The zero-order valence-electron chi connectivity index (χ0n) is 14.3. The van der Waals surface area contributed by atoms with Crippen molar-refractivity contribution in [2.75, 3.05) is 11.9 Å². The quantitative estimate of drug-likeness (QED) is 0.614. The number of anilines is 1. The Morgan fingerprint density at radius 3 is 2.44 bits per heavy atom. The minimum atomic E-state index is -1.06. The molecule has 0 heterocycles. The molecule has 0 bridgehead atoms. The zero-order valence-corrected chi connectivity index (χ0v) is 14.3. The number of para-hydroxylation sites is 2. The lowest BCUT2D eigenvalue weighted by Gasteiger charge is -2.18. The van der Waals surface area contributed by atoms with Crippen LogP contribution in [-0.4, -0.2) is 18.5 Å². The number of allylic oxidation sites excluding steroid dienone is 1. The number of carbonyl (C=O) groups excluding carboxylic acids is 2. The zero-order chi connectivity index (χ0) is 18.1. The van der Waals surface area contributed by atoms with Crippen LogP contribution < -0.4 is 10.1 Å². The highest BCUT2D eigenvalue weighted by molar-refractivity contribution is 5.97. The molecule has 5 heteroatoms. The van der Waals surface area contributed by atoms with Gasteiger partial charge in [-0.3, -0.25) is 4.79 Å². The van der Waals surface area contributed by atoms with Gasteiger partial charge in [0.25, 0.3) is 5.91 Å². The highest BCUT2D eigenvalue weighted by Gasteiger charge is 2.25. The number of amides is 1. The molecule has 0 aliphatic heterocycles. The van der Waals surface area contributed by atoms with Crippen molar-refractivity contribution >= 4 is 17.6 Å². The van der Waals surface area contributed by atoms with Crippen LogP contribution in [0.1, 0.15) is 25.5 Å². The second kappa shape index (κ2) is 9.27. The topological polar surface area (TPSA) is 64.6 Å². The lowest BCUT2D eigenvalue weighted by molar-refractivity contribution is -0.149. The number of carbonyl (C=O) groups is 2. The molecule has 0 saturated heterocycles. The number of esters is 1. The number of rotatable bonds is 7. The van der Waals surface area contributed by atoms with Gasteiger partial charge >= 0.3 is 5.97 Å². The lowest BCUT2D eigenvalue weighted by Crippen LogP contribution is -2.25. The summed E-state index contributed by atoms with van der Waals surface area (Å²) in [6.45, 7) is 4.05. The van der Waals surface area contributed by atoms with Crippen LogP contribution in [0.15, 0.2) is 66.7 Å². The van der Waals surface area contributed by atoms with Crippen LogP contribution in [-0.2, 0) is 14.3 Å². The fourth-order valence-electron chi connectivity index (χ4n) is 2.24. The minimum absolute atomic E-state index is 0.448. The first-order valence-electron chi connectivity index (χ1n) is 8.06. The molecule has 2 aromatic carbocycles. The summed E-state index contributed by atoms with van der Waals surface area (Å²) in [6.07, 6.45) is 1.78. The van der Waals surface area contributed by atoms with E-state index in [9.17, 15) is 9.59 Å². The number of ether oxygens (including phenoxy) is 2. The molecule has 25 heavy (non-hydrogen) atoms. The van der Waals surface area contributed by atoms with Gasteiger partial charge in [0, 0.05) is 11.6 Å². The molecule has 2 aromatic rings. The van der Waals surface area contributed by atoms with Crippen LogP contribution in [0.2, 0.25) is 0 Å². The summed E-state index contributed by atoms with van der Waals surface area (Å²) in [5, 5.41) is 2.78. The van der Waals surface area contributed by atoms with Crippen LogP contribution >= 0.6 is 0 Å². The predicted molar refractivity (Wildman–Crippen MR) is 96.3 cm³/mol. The first-order valence-corrected chi connectivity index (χ1v) is 8.06. The van der Waals surface area contributed by atoms with Gasteiger partial charge in [0.1, 0.15) is 5.75 Å². The molecule has 1 N–H and O–H groups in total. The van der Waals surface area contributed by atoms with Gasteiger partial charge < -0.3 is 14.8 Å². The maximum absolute atomic E-state index is 12.7. The van der Waals surface area contributed by atoms with Crippen molar-refractivity contribution in [3.63, 3.8) is 0 Å². The Labute approximate surface area is 147 Å². The van der Waals surface area contributed by atoms with Crippen LogP contribution in [0.3, 0.4) is 0 Å². The van der Waals surface area contributed by atoms with E-state index in [1.165, 1.54) is 6.08 Å². The molecule has 2 rings (SSSR count). The number of hydrogen-bond acceptors (Lipinski definition) is 4. The number of hydrogen-bond donors (Lipinski definition) is 1. The summed E-state index contributed by atoms with van der Waals surface area (Å²) < 4.78 is 10.8. The SMILES string of the molecule is C/C=C/C(=O)OC(C(=O)Nc1ccccc1OCC)c1ccccc1. The van der Waals surface area contributed by atoms with Crippen molar-refractivity contribution in [3.8, 4) is 5.75 Å². The Kier molecular flexibility index (Phi) is 6.77. The van der Waals surface area contributed by atoms with E-state index in [0.717, 1.165) is 0 Å². The Balaban J connectivity index is 2.25. The summed E-state index contributed by atoms with van der Waals surface area (Å²) in [6, 6.07) is 16.0. The Morgan fingerprint density at radius 1 is 1.08 bits per heavy atom. The maximum Gasteiger partial charge on any atom is 0.331 e. The third kappa shape index (κ3) is 5.21. The molecular formula is C20H21NO4. The molecule has 5 nitrogen and oxygen atoms in total. The largest absolute Gasteiger partial charge is 0.492 e. The van der Waals surface area contributed by atoms with E-state index in [-0.39, 0.29) is 0 Å². The average Bonchev–Trinajstić information content (AvgIpc) is 2.62. The summed E-state index contributed by atoms with van der Waals surface area (Å²) in [5.74, 6) is -0.467. The van der Waals surface area contributed by atoms with Crippen molar-refractivity contribution in [3.05, 3.63) is 72.3 Å². The summed E-state index contributed by atoms with van der Waals surface area (Å²) in [7, 11) is 0. The number of nitrogens with one attached hydrogen (secondary N) is 1. The lowest BCUT2D eigenvalue weighted by atomic mass is 10.1. The molecule has 1 amide bonds. The minimum Gasteiger partial charge on any atom is -0.492 e. The summed E-state index contributed by atoms with van der Waals surface area (Å²) in [4.78, 5) is 24.6. The summed E-state index contributed by atoms with van der Waals surface area (Å²) in [5.41, 5.74) is 1.11. The fourth-order valence-corrected chi connectivity index (χ4v) is 2.24. The second-order valence-corrected chi connectivity index (χ2v) is 5.15. The molecule has 1 atom stereocenters. The molecule has 1 unspecified atom stereocenters. The standard InChI is InChI=1S/C20H21NO4/c1-3-10-18(22)25-19(15-11-6-5-7-12-15)20(23)21-16-13-8-9-14-17(16)24-4-2/h3,5-14,19H,4H2,1-2H3,(H,21,23)/b10-3+. The van der Waals surface area contributed by atoms with Gasteiger partial charge in [-0.25, -0.2) is 4.79 Å². The van der Waals surface area contributed by atoms with Crippen LogP contribution in [0, 0.1) is 0 Å². The third-order valence-corrected chi connectivity index (χ3v) is 3.32. The molecule has 0 aliphatic carbocycles. The summed E-state index contributed by atoms with van der Waals surface area (Å²) >= 11 is 0. The van der Waals surface area contributed by atoms with Crippen molar-refractivity contribution in [2.45, 2.75) is 20.0 Å². The van der Waals surface area contributed by atoms with Crippen LogP contribution in [0.4, 0.5) is 5.69 Å². The second-order valence-electron chi connectivity index (χ2n) is 5.15. The molecule has 0 spiro atoms. The molecule has 0 aromatic heterocycles. The van der Waals surface area contributed by atoms with E-state index in [0.29, 0.717) is 23.6 Å². The fraction of sp³-hybridized carbons (Fsp3) is 0.200. The molecule has 0 radical (unpaired) electrons. The van der Waals surface area contributed by atoms with Crippen molar-refractivity contribution in [1.29, 1.82) is 0 Å². The average molecular weight is 339 g/mol. The highest BCUT2D eigenvalue weighted by atomic mass is 16.5. The van der Waals surface area contributed by atoms with Gasteiger partial charge in [0.2, 0.25) is 6.10 Å².